The van der Waals surface area contributed by atoms with Crippen molar-refractivity contribution < 1.29 is 23.4 Å². The first-order chi connectivity index (χ1) is 15.6. The second kappa shape index (κ2) is 9.25. The summed E-state index contributed by atoms with van der Waals surface area (Å²) in [5.74, 6) is 1.81. The summed E-state index contributed by atoms with van der Waals surface area (Å²) in [5.41, 5.74) is 2.67. The van der Waals surface area contributed by atoms with E-state index >= 15 is 0 Å². The first kappa shape index (κ1) is 21.0. The Morgan fingerprint density at radius 2 is 1.94 bits per heavy atom. The maximum Gasteiger partial charge on any atom is 0.255 e. The number of nitrogens with one attached hydrogen (secondary N) is 2. The SMILES string of the molecule is COc1ccc(C=Cc2n[nH]c3ccc(C(=O)NCc4ncco4)c(OC)c23)cc1OC. The molecule has 1 amide bonds. The Hall–Kier alpha value is -4.27. The van der Waals surface area contributed by atoms with Crippen LogP contribution in [0.3, 0.4) is 0 Å². The Kier molecular flexibility index (Phi) is 6.07. The second-order valence-corrected chi connectivity index (χ2v) is 6.73. The van der Waals surface area contributed by atoms with Crippen LogP contribution in [0.4, 0.5) is 0 Å². The maximum atomic E-state index is 12.8. The molecule has 2 N–H and O–H groups in total. The van der Waals surface area contributed by atoms with Crippen molar-refractivity contribution in [3.8, 4) is 17.2 Å². The molecule has 9 nitrogen and oxygen atoms in total. The summed E-state index contributed by atoms with van der Waals surface area (Å²) in [6.07, 6.45) is 6.72. The van der Waals surface area contributed by atoms with Crippen LogP contribution in [0, 0.1) is 0 Å². The van der Waals surface area contributed by atoms with Crippen LogP contribution in [0.2, 0.25) is 0 Å². The monoisotopic (exact) mass is 434 g/mol. The number of methoxy groups -OCH3 is 3. The van der Waals surface area contributed by atoms with E-state index in [4.69, 9.17) is 18.6 Å². The van der Waals surface area contributed by atoms with Crippen LogP contribution in [0.1, 0.15) is 27.5 Å². The molecular formula is C23H22N4O5. The number of amides is 1. The van der Waals surface area contributed by atoms with Gasteiger partial charge in [-0.05, 0) is 35.9 Å². The van der Waals surface area contributed by atoms with Crippen LogP contribution in [-0.4, -0.2) is 42.4 Å². The summed E-state index contributed by atoms with van der Waals surface area (Å²) in [4.78, 5) is 16.8. The molecule has 0 fully saturated rings. The summed E-state index contributed by atoms with van der Waals surface area (Å²) >= 11 is 0. The summed E-state index contributed by atoms with van der Waals surface area (Å²) in [6, 6.07) is 9.08. The van der Waals surface area contributed by atoms with Gasteiger partial charge in [0.2, 0.25) is 5.89 Å². The fourth-order valence-corrected chi connectivity index (χ4v) is 3.34. The highest BCUT2D eigenvalue weighted by molar-refractivity contribution is 6.05. The summed E-state index contributed by atoms with van der Waals surface area (Å²) < 4.78 is 21.4. The molecule has 0 saturated heterocycles. The summed E-state index contributed by atoms with van der Waals surface area (Å²) in [5, 5.41) is 10.8. The molecule has 4 aromatic rings. The molecule has 9 heteroatoms. The molecule has 0 aliphatic carbocycles. The average Bonchev–Trinajstić information content (AvgIpc) is 3.50. The Bertz CT molecular complexity index is 1260. The number of ether oxygens (including phenoxy) is 3. The Morgan fingerprint density at radius 1 is 1.09 bits per heavy atom. The van der Waals surface area contributed by atoms with Crippen molar-refractivity contribution in [3.63, 3.8) is 0 Å². The smallest absolute Gasteiger partial charge is 0.255 e. The van der Waals surface area contributed by atoms with Gasteiger partial charge in [-0.1, -0.05) is 12.1 Å². The minimum Gasteiger partial charge on any atom is -0.495 e. The van der Waals surface area contributed by atoms with Crippen LogP contribution in [0.25, 0.3) is 23.1 Å². The minimum absolute atomic E-state index is 0.171. The molecule has 0 radical (unpaired) electrons. The van der Waals surface area contributed by atoms with Crippen molar-refractivity contribution in [2.24, 2.45) is 0 Å². The van der Waals surface area contributed by atoms with E-state index in [9.17, 15) is 4.79 Å². The number of oxazole rings is 1. The van der Waals surface area contributed by atoms with Crippen molar-refractivity contribution >= 4 is 29.0 Å². The van der Waals surface area contributed by atoms with Gasteiger partial charge in [-0.2, -0.15) is 5.10 Å². The van der Waals surface area contributed by atoms with Crippen molar-refractivity contribution in [1.29, 1.82) is 0 Å². The Labute approximate surface area is 184 Å². The van der Waals surface area contributed by atoms with E-state index in [-0.39, 0.29) is 12.5 Å². The van der Waals surface area contributed by atoms with Gasteiger partial charge in [0.15, 0.2) is 11.5 Å². The number of fused-ring (bicyclic) bond motifs is 1. The lowest BCUT2D eigenvalue weighted by molar-refractivity contribution is 0.0944. The highest BCUT2D eigenvalue weighted by atomic mass is 16.5. The molecule has 2 aromatic carbocycles. The quantitative estimate of drug-likeness (QED) is 0.435. The number of carbonyl (C=O) groups excluding carboxylic acids is 1. The van der Waals surface area contributed by atoms with Gasteiger partial charge >= 0.3 is 0 Å². The van der Waals surface area contributed by atoms with Crippen LogP contribution in [-0.2, 0) is 6.54 Å². The van der Waals surface area contributed by atoms with Gasteiger partial charge in [0.05, 0.1) is 56.2 Å². The van der Waals surface area contributed by atoms with E-state index in [0.29, 0.717) is 39.8 Å². The standard InChI is InChI=1S/C23H22N4O5/c1-29-18-9-5-14(12-19(18)30-2)4-7-16-21-17(27-26-16)8-6-15(22(21)31-3)23(28)25-13-20-24-10-11-32-20/h4-12H,13H2,1-3H3,(H,25,28)(H,26,27). The van der Waals surface area contributed by atoms with Crippen LogP contribution < -0.4 is 19.5 Å². The van der Waals surface area contributed by atoms with Gasteiger partial charge in [-0.15, -0.1) is 0 Å². The minimum atomic E-state index is -0.307. The summed E-state index contributed by atoms with van der Waals surface area (Å²) in [7, 11) is 4.70. The van der Waals surface area contributed by atoms with Gasteiger partial charge in [-0.3, -0.25) is 9.89 Å². The van der Waals surface area contributed by atoms with Crippen LogP contribution >= 0.6 is 0 Å². The molecular weight excluding hydrogens is 412 g/mol. The Balaban J connectivity index is 1.65. The zero-order valence-corrected chi connectivity index (χ0v) is 17.8. The number of nitrogens with zero attached hydrogens (tertiary/aromatic N) is 2. The molecule has 2 aromatic heterocycles. The lowest BCUT2D eigenvalue weighted by Gasteiger charge is -2.10. The number of rotatable bonds is 8. The number of carbonyl (C=O) groups is 1. The zero-order chi connectivity index (χ0) is 22.5. The average molecular weight is 434 g/mol. The predicted molar refractivity (Wildman–Crippen MR) is 119 cm³/mol. The number of H-pyrrole nitrogens is 1. The fraction of sp³-hybridized carbons (Fsp3) is 0.174. The topological polar surface area (TPSA) is 112 Å². The molecule has 0 aliphatic heterocycles. The number of aromatic amines is 1. The van der Waals surface area contributed by atoms with E-state index in [1.807, 2.05) is 30.4 Å². The molecule has 164 valence electrons. The molecule has 0 bridgehead atoms. The lowest BCUT2D eigenvalue weighted by atomic mass is 10.1. The summed E-state index contributed by atoms with van der Waals surface area (Å²) in [6.45, 7) is 0.171. The van der Waals surface area contributed by atoms with E-state index in [1.165, 1.54) is 19.6 Å². The van der Waals surface area contributed by atoms with Gasteiger partial charge in [0, 0.05) is 0 Å². The predicted octanol–water partition coefficient (Wildman–Crippen LogP) is 3.68. The number of aromatic nitrogens is 3. The fourth-order valence-electron chi connectivity index (χ4n) is 3.34. The van der Waals surface area contributed by atoms with Gasteiger partial charge in [-0.25, -0.2) is 4.98 Å². The number of hydrogen-bond acceptors (Lipinski definition) is 7. The van der Waals surface area contributed by atoms with E-state index in [0.717, 1.165) is 11.1 Å². The molecule has 0 spiro atoms. The number of benzene rings is 2. The highest BCUT2D eigenvalue weighted by Crippen LogP contribution is 2.33. The van der Waals surface area contributed by atoms with E-state index in [2.05, 4.69) is 20.5 Å². The largest absolute Gasteiger partial charge is 0.495 e. The maximum absolute atomic E-state index is 12.8. The van der Waals surface area contributed by atoms with Crippen molar-refractivity contribution in [2.75, 3.05) is 21.3 Å². The molecule has 0 aliphatic rings. The lowest BCUT2D eigenvalue weighted by Crippen LogP contribution is -2.23. The molecule has 2 heterocycles. The molecule has 4 rings (SSSR count). The third kappa shape index (κ3) is 4.13. The van der Waals surface area contributed by atoms with Crippen molar-refractivity contribution in [1.82, 2.24) is 20.5 Å². The van der Waals surface area contributed by atoms with Crippen LogP contribution in [0.5, 0.6) is 17.2 Å². The van der Waals surface area contributed by atoms with Crippen molar-refractivity contribution in [3.05, 3.63) is 65.5 Å². The normalized spacial score (nSPS) is 11.1. The third-order valence-electron chi connectivity index (χ3n) is 4.88. The molecule has 0 saturated carbocycles. The van der Waals surface area contributed by atoms with Gasteiger partial charge < -0.3 is 23.9 Å². The molecule has 32 heavy (non-hydrogen) atoms. The van der Waals surface area contributed by atoms with E-state index < -0.39 is 0 Å². The zero-order valence-electron chi connectivity index (χ0n) is 17.8. The highest BCUT2D eigenvalue weighted by Gasteiger charge is 2.19. The third-order valence-corrected chi connectivity index (χ3v) is 4.88. The van der Waals surface area contributed by atoms with Gasteiger partial charge in [0.25, 0.3) is 5.91 Å². The Morgan fingerprint density at radius 3 is 2.66 bits per heavy atom. The van der Waals surface area contributed by atoms with Crippen LogP contribution in [0.15, 0.2) is 47.2 Å². The first-order valence-electron chi connectivity index (χ1n) is 9.76. The molecule has 0 atom stereocenters. The van der Waals surface area contributed by atoms with E-state index in [1.54, 1.807) is 26.4 Å². The molecule has 0 unspecified atom stereocenters. The van der Waals surface area contributed by atoms with Gasteiger partial charge in [0.1, 0.15) is 12.0 Å². The van der Waals surface area contributed by atoms with Crippen molar-refractivity contribution in [2.45, 2.75) is 6.54 Å². The second-order valence-electron chi connectivity index (χ2n) is 6.73. The first-order valence-corrected chi connectivity index (χ1v) is 9.76. The number of hydrogen-bond donors (Lipinski definition) is 2.